The van der Waals surface area contributed by atoms with Gasteiger partial charge in [-0.3, -0.25) is 4.79 Å². The summed E-state index contributed by atoms with van der Waals surface area (Å²) in [5.74, 6) is -0.204. The van der Waals surface area contributed by atoms with Crippen LogP contribution >= 0.6 is 11.3 Å². The summed E-state index contributed by atoms with van der Waals surface area (Å²) < 4.78 is 26.2. The number of sulfonamides is 1. The fourth-order valence-electron chi connectivity index (χ4n) is 2.86. The van der Waals surface area contributed by atoms with Crippen LogP contribution in [0.1, 0.15) is 12.5 Å². The fourth-order valence-corrected chi connectivity index (χ4v) is 5.18. The van der Waals surface area contributed by atoms with Crippen LogP contribution in [0.15, 0.2) is 46.0 Å². The fraction of sp³-hybridized carbons (Fsp3) is 0.312. The van der Waals surface area contributed by atoms with E-state index in [1.165, 1.54) is 7.05 Å². The van der Waals surface area contributed by atoms with E-state index in [-0.39, 0.29) is 22.7 Å². The highest BCUT2D eigenvalue weighted by molar-refractivity contribution is 7.91. The molecule has 23 heavy (non-hydrogen) atoms. The topological polar surface area (TPSA) is 57.7 Å². The molecule has 1 aromatic carbocycles. The van der Waals surface area contributed by atoms with Crippen molar-refractivity contribution < 1.29 is 13.2 Å². The number of fused-ring (bicyclic) bond motifs is 1. The second kappa shape index (κ2) is 6.07. The van der Waals surface area contributed by atoms with E-state index in [4.69, 9.17) is 0 Å². The molecule has 1 atom stereocenters. The van der Waals surface area contributed by atoms with Crippen LogP contribution in [0.3, 0.4) is 0 Å². The molecule has 0 radical (unpaired) electrons. The lowest BCUT2D eigenvalue weighted by molar-refractivity contribution is -0.118. The summed E-state index contributed by atoms with van der Waals surface area (Å²) in [6.45, 7) is 1.81. The van der Waals surface area contributed by atoms with Crippen LogP contribution in [-0.4, -0.2) is 38.3 Å². The van der Waals surface area contributed by atoms with Crippen molar-refractivity contribution in [3.63, 3.8) is 0 Å². The molecule has 0 spiro atoms. The first-order valence-corrected chi connectivity index (χ1v) is 9.63. The molecular weight excluding hydrogens is 332 g/mol. The number of hydrogen-bond acceptors (Lipinski definition) is 4. The van der Waals surface area contributed by atoms with Crippen molar-refractivity contribution >= 4 is 33.0 Å². The Balaban J connectivity index is 1.80. The van der Waals surface area contributed by atoms with E-state index >= 15 is 0 Å². The SMILES string of the molecule is C[C@H]1Cc2ccccc2N1C(=O)CN(C)S(=O)(=O)c1cccs1. The highest BCUT2D eigenvalue weighted by atomic mass is 32.2. The number of anilines is 1. The quantitative estimate of drug-likeness (QED) is 0.850. The van der Waals surface area contributed by atoms with Gasteiger partial charge in [0.2, 0.25) is 5.91 Å². The van der Waals surface area contributed by atoms with Gasteiger partial charge in [0.15, 0.2) is 0 Å². The van der Waals surface area contributed by atoms with Gasteiger partial charge < -0.3 is 4.90 Å². The second-order valence-corrected chi connectivity index (χ2v) is 8.86. The number of para-hydroxylation sites is 1. The average Bonchev–Trinajstić information content (AvgIpc) is 3.13. The Kier molecular flexibility index (Phi) is 4.27. The zero-order valence-electron chi connectivity index (χ0n) is 13.0. The number of carbonyl (C=O) groups excluding carboxylic acids is 1. The van der Waals surface area contributed by atoms with Crippen LogP contribution in [0.2, 0.25) is 0 Å². The zero-order chi connectivity index (χ0) is 16.6. The molecule has 0 saturated heterocycles. The number of amides is 1. The number of hydrogen-bond donors (Lipinski definition) is 0. The van der Waals surface area contributed by atoms with Crippen molar-refractivity contribution in [2.75, 3.05) is 18.5 Å². The summed E-state index contributed by atoms with van der Waals surface area (Å²) in [5, 5.41) is 1.71. The van der Waals surface area contributed by atoms with Crippen molar-refractivity contribution in [2.24, 2.45) is 0 Å². The third kappa shape index (κ3) is 2.91. The van der Waals surface area contributed by atoms with E-state index in [0.717, 1.165) is 33.3 Å². The maximum absolute atomic E-state index is 12.7. The van der Waals surface area contributed by atoms with Gasteiger partial charge in [-0.25, -0.2) is 8.42 Å². The predicted octanol–water partition coefficient (Wildman–Crippen LogP) is 2.35. The van der Waals surface area contributed by atoms with Gasteiger partial charge in [0, 0.05) is 18.8 Å². The molecule has 2 aromatic rings. The van der Waals surface area contributed by atoms with E-state index in [9.17, 15) is 13.2 Å². The molecular formula is C16H18N2O3S2. The number of rotatable bonds is 4. The third-order valence-corrected chi connectivity index (χ3v) is 7.17. The first kappa shape index (κ1) is 16.2. The normalized spacial score (nSPS) is 17.5. The average molecular weight is 350 g/mol. The Labute approximate surface area is 140 Å². The summed E-state index contributed by atoms with van der Waals surface area (Å²) >= 11 is 1.15. The first-order valence-electron chi connectivity index (χ1n) is 7.31. The molecule has 1 aromatic heterocycles. The molecule has 0 N–H and O–H groups in total. The minimum Gasteiger partial charge on any atom is -0.308 e. The molecule has 0 fully saturated rings. The van der Waals surface area contributed by atoms with E-state index < -0.39 is 10.0 Å². The van der Waals surface area contributed by atoms with Crippen LogP contribution in [0.5, 0.6) is 0 Å². The Morgan fingerprint density at radius 2 is 2.04 bits per heavy atom. The third-order valence-electron chi connectivity index (χ3n) is 3.99. The van der Waals surface area contributed by atoms with Crippen LogP contribution in [0.4, 0.5) is 5.69 Å². The Morgan fingerprint density at radius 1 is 1.30 bits per heavy atom. The first-order chi connectivity index (χ1) is 10.9. The molecule has 5 nitrogen and oxygen atoms in total. The van der Waals surface area contributed by atoms with E-state index in [0.29, 0.717) is 0 Å². The van der Waals surface area contributed by atoms with E-state index in [1.54, 1.807) is 22.4 Å². The predicted molar refractivity (Wildman–Crippen MR) is 91.2 cm³/mol. The molecule has 2 heterocycles. The summed E-state index contributed by atoms with van der Waals surface area (Å²) in [4.78, 5) is 14.4. The maximum atomic E-state index is 12.7. The molecule has 1 aliphatic heterocycles. The Bertz CT molecular complexity index is 816. The molecule has 0 saturated carbocycles. The highest BCUT2D eigenvalue weighted by Gasteiger charge is 2.33. The van der Waals surface area contributed by atoms with Crippen LogP contribution in [0, 0.1) is 0 Å². The Morgan fingerprint density at radius 3 is 2.74 bits per heavy atom. The van der Waals surface area contributed by atoms with Crippen LogP contribution < -0.4 is 4.90 Å². The molecule has 0 aliphatic carbocycles. The van der Waals surface area contributed by atoms with Gasteiger partial charge in [-0.15, -0.1) is 11.3 Å². The summed E-state index contributed by atoms with van der Waals surface area (Å²) in [6.07, 6.45) is 0.795. The number of nitrogens with zero attached hydrogens (tertiary/aromatic N) is 2. The van der Waals surface area contributed by atoms with Crippen LogP contribution in [-0.2, 0) is 21.2 Å². The van der Waals surface area contributed by atoms with Crippen molar-refractivity contribution in [3.8, 4) is 0 Å². The number of benzene rings is 1. The molecule has 0 bridgehead atoms. The lowest BCUT2D eigenvalue weighted by atomic mass is 10.1. The van der Waals surface area contributed by atoms with Crippen LogP contribution in [0.25, 0.3) is 0 Å². The molecule has 1 amide bonds. The van der Waals surface area contributed by atoms with Gasteiger partial charge in [-0.1, -0.05) is 24.3 Å². The van der Waals surface area contributed by atoms with E-state index in [2.05, 4.69) is 0 Å². The smallest absolute Gasteiger partial charge is 0.252 e. The zero-order valence-corrected chi connectivity index (χ0v) is 14.6. The van der Waals surface area contributed by atoms with Gasteiger partial charge in [0.1, 0.15) is 4.21 Å². The minimum atomic E-state index is -3.61. The lowest BCUT2D eigenvalue weighted by Crippen LogP contribution is -2.43. The largest absolute Gasteiger partial charge is 0.308 e. The summed E-state index contributed by atoms with van der Waals surface area (Å²) in [6, 6.07) is 11.0. The molecule has 122 valence electrons. The van der Waals surface area contributed by atoms with Gasteiger partial charge in [-0.2, -0.15) is 4.31 Å². The van der Waals surface area contributed by atoms with Crippen molar-refractivity contribution in [1.82, 2.24) is 4.31 Å². The molecule has 3 rings (SSSR count). The number of likely N-dealkylation sites (N-methyl/N-ethyl adjacent to an activating group) is 1. The maximum Gasteiger partial charge on any atom is 0.252 e. The standard InChI is InChI=1S/C16H18N2O3S2/c1-12-10-13-6-3-4-7-14(13)18(12)15(19)11-17(2)23(20,21)16-8-5-9-22-16/h3-9,12H,10-11H2,1-2H3/t12-/m0/s1. The monoisotopic (exact) mass is 350 g/mol. The van der Waals surface area contributed by atoms with Crippen molar-refractivity contribution in [1.29, 1.82) is 0 Å². The van der Waals surface area contributed by atoms with Gasteiger partial charge >= 0.3 is 0 Å². The summed E-state index contributed by atoms with van der Waals surface area (Å²) in [7, 11) is -2.17. The number of carbonyl (C=O) groups is 1. The lowest BCUT2D eigenvalue weighted by Gasteiger charge is -2.25. The van der Waals surface area contributed by atoms with Gasteiger partial charge in [0.25, 0.3) is 10.0 Å². The highest BCUT2D eigenvalue weighted by Crippen LogP contribution is 2.32. The number of thiophene rings is 1. The summed E-state index contributed by atoms with van der Waals surface area (Å²) in [5.41, 5.74) is 2.00. The Hall–Kier alpha value is -1.70. The van der Waals surface area contributed by atoms with Crippen molar-refractivity contribution in [3.05, 3.63) is 47.3 Å². The molecule has 1 aliphatic rings. The molecule has 0 unspecified atom stereocenters. The van der Waals surface area contributed by atoms with Gasteiger partial charge in [-0.05, 0) is 36.4 Å². The molecule has 7 heteroatoms. The minimum absolute atomic E-state index is 0.0396. The van der Waals surface area contributed by atoms with Gasteiger partial charge in [0.05, 0.1) is 6.54 Å². The van der Waals surface area contributed by atoms with E-state index in [1.807, 2.05) is 31.2 Å². The second-order valence-electron chi connectivity index (χ2n) is 5.64. The van der Waals surface area contributed by atoms with Crippen molar-refractivity contribution in [2.45, 2.75) is 23.6 Å².